The van der Waals surface area contributed by atoms with E-state index in [4.69, 9.17) is 14.3 Å². The Kier molecular flexibility index (Phi) is 6.30. The summed E-state index contributed by atoms with van der Waals surface area (Å²) in [7, 11) is 0. The molecule has 2 atom stereocenters. The number of nitrogens with zero attached hydrogens (tertiary/aromatic N) is 1. The van der Waals surface area contributed by atoms with Crippen LogP contribution in [0, 0.1) is 5.92 Å². The van der Waals surface area contributed by atoms with Crippen molar-refractivity contribution in [3.63, 3.8) is 0 Å². The summed E-state index contributed by atoms with van der Waals surface area (Å²) in [4.78, 5) is 18.5. The Morgan fingerprint density at radius 3 is 1.50 bits per heavy atom. The lowest BCUT2D eigenvalue weighted by atomic mass is 9.91. The van der Waals surface area contributed by atoms with E-state index in [1.54, 1.807) is 12.0 Å². The first-order valence-corrected chi connectivity index (χ1v) is 10.1. The minimum atomic E-state index is -0.482. The van der Waals surface area contributed by atoms with Crippen molar-refractivity contribution in [3.05, 3.63) is 91.0 Å². The molecule has 1 saturated heterocycles. The summed E-state index contributed by atoms with van der Waals surface area (Å²) in [5, 5.41) is 1.73. The normalized spacial score (nSPS) is 21.6. The van der Waals surface area contributed by atoms with Crippen LogP contribution in [0.1, 0.15) is 19.8 Å². The molecule has 0 spiro atoms. The summed E-state index contributed by atoms with van der Waals surface area (Å²) in [6.07, 6.45) is 0.0742. The van der Waals surface area contributed by atoms with E-state index in [0.29, 0.717) is 30.1 Å². The number of carbonyl (C=O) groups is 1. The van der Waals surface area contributed by atoms with E-state index in [1.807, 2.05) is 91.0 Å². The number of rotatable bonds is 7. The fourth-order valence-electron chi connectivity index (χ4n) is 3.54. The van der Waals surface area contributed by atoms with Gasteiger partial charge in [-0.25, -0.2) is 0 Å². The lowest BCUT2D eigenvalue weighted by molar-refractivity contribution is -0.256. The number of ketones is 1. The van der Waals surface area contributed by atoms with Gasteiger partial charge in [0.1, 0.15) is 23.0 Å². The average Bonchev–Trinajstić information content (AvgIpc) is 2.78. The molecule has 154 valence electrons. The van der Waals surface area contributed by atoms with Crippen LogP contribution in [0.25, 0.3) is 0 Å². The predicted molar refractivity (Wildman–Crippen MR) is 114 cm³/mol. The van der Waals surface area contributed by atoms with Crippen LogP contribution in [-0.4, -0.2) is 23.3 Å². The molecule has 30 heavy (non-hydrogen) atoms. The topological polar surface area (TPSA) is 48.0 Å². The Labute approximate surface area is 176 Å². The number of Topliss-reactive ketones (excluding diaryl/α,β-unsaturated/α-hetero) is 1. The second-order valence-corrected chi connectivity index (χ2v) is 7.31. The maximum atomic E-state index is 12.3. The van der Waals surface area contributed by atoms with Crippen molar-refractivity contribution in [3.8, 4) is 17.2 Å². The highest BCUT2D eigenvalue weighted by molar-refractivity contribution is 5.78. The molecule has 0 aliphatic carbocycles. The molecule has 1 fully saturated rings. The van der Waals surface area contributed by atoms with Crippen molar-refractivity contribution in [1.29, 1.82) is 0 Å². The summed E-state index contributed by atoms with van der Waals surface area (Å²) in [5.41, 5.74) is 0. The first-order valence-electron chi connectivity index (χ1n) is 10.1. The molecule has 0 aromatic heterocycles. The highest BCUT2D eigenvalue weighted by atomic mass is 16.7. The van der Waals surface area contributed by atoms with Crippen LogP contribution in [0.5, 0.6) is 17.2 Å². The van der Waals surface area contributed by atoms with Crippen LogP contribution >= 0.6 is 0 Å². The molecular weight excluding hydrogens is 378 g/mol. The Morgan fingerprint density at radius 1 is 0.700 bits per heavy atom. The van der Waals surface area contributed by atoms with E-state index in [1.165, 1.54) is 0 Å². The van der Waals surface area contributed by atoms with E-state index < -0.39 is 12.5 Å². The number of hydrogen-bond donors (Lipinski definition) is 0. The number of benzene rings is 3. The molecule has 0 amide bonds. The van der Waals surface area contributed by atoms with Gasteiger partial charge in [0, 0.05) is 18.8 Å². The van der Waals surface area contributed by atoms with E-state index in [-0.39, 0.29) is 11.7 Å². The maximum Gasteiger partial charge on any atom is 0.188 e. The summed E-state index contributed by atoms with van der Waals surface area (Å²) < 4.78 is 12.5. The molecule has 0 bridgehead atoms. The summed E-state index contributed by atoms with van der Waals surface area (Å²) in [6.45, 7) is 1.62. The fourth-order valence-corrected chi connectivity index (χ4v) is 3.54. The quantitative estimate of drug-likeness (QED) is 0.550. The number of hydrogen-bond acceptors (Lipinski definition) is 5. The van der Waals surface area contributed by atoms with E-state index in [2.05, 4.69) is 0 Å². The van der Waals surface area contributed by atoms with E-state index >= 15 is 0 Å². The average molecular weight is 403 g/mol. The van der Waals surface area contributed by atoms with Gasteiger partial charge in [-0.15, -0.1) is 0 Å². The predicted octanol–water partition coefficient (Wildman–Crippen LogP) is 5.09. The van der Waals surface area contributed by atoms with Crippen molar-refractivity contribution in [2.45, 2.75) is 32.2 Å². The van der Waals surface area contributed by atoms with E-state index in [9.17, 15) is 4.79 Å². The van der Waals surface area contributed by atoms with Crippen LogP contribution in [0.3, 0.4) is 0 Å². The summed E-state index contributed by atoms with van der Waals surface area (Å²) in [6, 6.07) is 28.7. The molecule has 0 N–H and O–H groups in total. The zero-order chi connectivity index (χ0) is 20.8. The Hall–Kier alpha value is -3.31. The first-order chi connectivity index (χ1) is 14.7. The van der Waals surface area contributed by atoms with Crippen molar-refractivity contribution in [1.82, 2.24) is 5.06 Å². The molecule has 1 aliphatic rings. The molecule has 5 nitrogen and oxygen atoms in total. The lowest BCUT2D eigenvalue weighted by Crippen LogP contribution is -2.56. The third kappa shape index (κ3) is 4.99. The summed E-state index contributed by atoms with van der Waals surface area (Å²) >= 11 is 0. The molecule has 2 unspecified atom stereocenters. The minimum Gasteiger partial charge on any atom is -0.472 e. The maximum absolute atomic E-state index is 12.3. The second-order valence-electron chi connectivity index (χ2n) is 7.31. The van der Waals surface area contributed by atoms with Gasteiger partial charge in [-0.2, -0.15) is 0 Å². The highest BCUT2D eigenvalue weighted by Crippen LogP contribution is 2.33. The Bertz CT molecular complexity index is 882. The fraction of sp³-hybridized carbons (Fsp3) is 0.240. The number of ether oxygens (including phenoxy) is 2. The molecule has 3 aromatic rings. The van der Waals surface area contributed by atoms with Crippen LogP contribution in [0.2, 0.25) is 0 Å². The zero-order valence-electron chi connectivity index (χ0n) is 16.9. The number of para-hydroxylation sites is 3. The smallest absolute Gasteiger partial charge is 0.188 e. The third-order valence-electron chi connectivity index (χ3n) is 5.10. The first kappa shape index (κ1) is 20.0. The van der Waals surface area contributed by atoms with Gasteiger partial charge in [-0.05, 0) is 43.3 Å². The third-order valence-corrected chi connectivity index (χ3v) is 5.10. The number of carbonyl (C=O) groups excluding carboxylic acids is 1. The van der Waals surface area contributed by atoms with Crippen LogP contribution in [0.4, 0.5) is 0 Å². The van der Waals surface area contributed by atoms with Crippen molar-refractivity contribution in [2.75, 3.05) is 0 Å². The molecular formula is C25H25NO4. The highest BCUT2D eigenvalue weighted by Gasteiger charge is 2.42. The molecule has 1 heterocycles. The Balaban J connectivity index is 1.64. The summed E-state index contributed by atoms with van der Waals surface area (Å²) in [5.74, 6) is 2.06. The number of piperidine rings is 1. The molecule has 4 rings (SSSR count). The van der Waals surface area contributed by atoms with Crippen LogP contribution in [-0.2, 0) is 4.79 Å². The SMILES string of the molecule is CC(=O)C1CC(Oc2ccccc2)N(Oc2ccccc2)C(Oc2ccccc2)C1. The monoisotopic (exact) mass is 403 g/mol. The zero-order valence-corrected chi connectivity index (χ0v) is 16.9. The van der Waals surface area contributed by atoms with E-state index in [0.717, 1.165) is 0 Å². The van der Waals surface area contributed by atoms with Gasteiger partial charge >= 0.3 is 0 Å². The number of hydroxylamine groups is 2. The van der Waals surface area contributed by atoms with Gasteiger partial charge in [0.25, 0.3) is 0 Å². The molecule has 0 saturated carbocycles. The van der Waals surface area contributed by atoms with Gasteiger partial charge in [0.2, 0.25) is 0 Å². The van der Waals surface area contributed by atoms with Crippen LogP contribution < -0.4 is 14.3 Å². The molecule has 3 aromatic carbocycles. The van der Waals surface area contributed by atoms with Gasteiger partial charge in [-0.3, -0.25) is 4.79 Å². The van der Waals surface area contributed by atoms with Gasteiger partial charge in [-0.1, -0.05) is 59.7 Å². The molecule has 0 radical (unpaired) electrons. The molecule has 1 aliphatic heterocycles. The Morgan fingerprint density at radius 2 is 1.10 bits per heavy atom. The standard InChI is InChI=1S/C25H25NO4/c1-19(27)20-17-24(28-21-11-5-2-6-12-21)26(30-23-15-9-4-10-16-23)25(18-20)29-22-13-7-3-8-14-22/h2-16,20,24-25H,17-18H2,1H3. The lowest BCUT2D eigenvalue weighted by Gasteiger charge is -2.42. The van der Waals surface area contributed by atoms with Crippen LogP contribution in [0.15, 0.2) is 91.0 Å². The van der Waals surface area contributed by atoms with Crippen molar-refractivity contribution in [2.24, 2.45) is 5.92 Å². The minimum absolute atomic E-state index is 0.123. The van der Waals surface area contributed by atoms with Gasteiger partial charge < -0.3 is 14.3 Å². The van der Waals surface area contributed by atoms with Crippen molar-refractivity contribution < 1.29 is 19.1 Å². The van der Waals surface area contributed by atoms with Gasteiger partial charge in [0.15, 0.2) is 12.5 Å². The van der Waals surface area contributed by atoms with Gasteiger partial charge in [0.05, 0.1) is 0 Å². The second kappa shape index (κ2) is 9.46. The molecule has 5 heteroatoms. The van der Waals surface area contributed by atoms with Crippen molar-refractivity contribution >= 4 is 5.78 Å². The largest absolute Gasteiger partial charge is 0.472 e.